The summed E-state index contributed by atoms with van der Waals surface area (Å²) in [7, 11) is 3.03. The molecule has 0 fully saturated rings. The molecule has 0 amide bonds. The number of carbonyl (C=O) groups is 1. The predicted molar refractivity (Wildman–Crippen MR) is 104 cm³/mol. The highest BCUT2D eigenvalue weighted by atomic mass is 32.2. The number of aromatic nitrogens is 3. The van der Waals surface area contributed by atoms with Crippen LogP contribution in [0.25, 0.3) is 0 Å². The lowest BCUT2D eigenvalue weighted by Gasteiger charge is -2.14. The second-order valence-corrected chi connectivity index (χ2v) is 6.93. The molecule has 6 nitrogen and oxygen atoms in total. The molecule has 140 valence electrons. The van der Waals surface area contributed by atoms with E-state index in [9.17, 15) is 4.79 Å². The van der Waals surface area contributed by atoms with Crippen molar-refractivity contribution in [3.8, 4) is 5.75 Å². The summed E-state index contributed by atoms with van der Waals surface area (Å²) in [6.45, 7) is 0. The molecule has 3 aromatic rings. The summed E-state index contributed by atoms with van der Waals surface area (Å²) < 4.78 is 11.8. The molecule has 0 saturated heterocycles. The highest BCUT2D eigenvalue weighted by Gasteiger charge is 2.23. The first-order valence-electron chi connectivity index (χ1n) is 8.49. The van der Waals surface area contributed by atoms with Crippen molar-refractivity contribution in [2.75, 3.05) is 14.2 Å². The summed E-state index contributed by atoms with van der Waals surface area (Å²) in [4.78, 5) is 13.3. The highest BCUT2D eigenvalue weighted by Crippen LogP contribution is 2.26. The second kappa shape index (κ2) is 9.23. The molecule has 0 aliphatic heterocycles. The van der Waals surface area contributed by atoms with Gasteiger partial charge in [-0.1, -0.05) is 41.6 Å². The molecule has 0 spiro atoms. The third-order valence-electron chi connectivity index (χ3n) is 4.05. The summed E-state index contributed by atoms with van der Waals surface area (Å²) in [5.41, 5.74) is 1.83. The Morgan fingerprint density at radius 3 is 2.70 bits per heavy atom. The van der Waals surface area contributed by atoms with E-state index in [4.69, 9.17) is 9.47 Å². The zero-order chi connectivity index (χ0) is 19.1. The lowest BCUT2D eigenvalue weighted by Crippen LogP contribution is -2.23. The monoisotopic (exact) mass is 383 g/mol. The van der Waals surface area contributed by atoms with Crippen LogP contribution in [0.2, 0.25) is 0 Å². The van der Waals surface area contributed by atoms with Gasteiger partial charge >= 0.3 is 5.97 Å². The Morgan fingerprint density at radius 2 is 1.96 bits per heavy atom. The van der Waals surface area contributed by atoms with Crippen molar-refractivity contribution in [1.82, 2.24) is 15.0 Å². The molecule has 1 atom stereocenters. The van der Waals surface area contributed by atoms with Crippen LogP contribution in [0.15, 0.2) is 65.7 Å². The van der Waals surface area contributed by atoms with Gasteiger partial charge in [-0.2, -0.15) is 0 Å². The van der Waals surface area contributed by atoms with Crippen LogP contribution in [0.3, 0.4) is 0 Å². The Bertz CT molecular complexity index is 883. The van der Waals surface area contributed by atoms with Crippen LogP contribution in [-0.2, 0) is 21.7 Å². The Balaban J connectivity index is 1.70. The molecule has 0 bridgehead atoms. The maximum Gasteiger partial charge on any atom is 0.331 e. The Kier molecular flexibility index (Phi) is 6.49. The maximum absolute atomic E-state index is 12.2. The zero-order valence-corrected chi connectivity index (χ0v) is 16.1. The average Bonchev–Trinajstić information content (AvgIpc) is 3.19. The van der Waals surface area contributed by atoms with Crippen LogP contribution in [0, 0.1) is 0 Å². The molecule has 1 unspecified atom stereocenters. The molecule has 0 aliphatic rings. The first-order valence-corrected chi connectivity index (χ1v) is 9.47. The maximum atomic E-state index is 12.2. The fourth-order valence-electron chi connectivity index (χ4n) is 2.64. The average molecular weight is 383 g/mol. The normalized spacial score (nSPS) is 11.8. The van der Waals surface area contributed by atoms with Crippen molar-refractivity contribution in [3.05, 3.63) is 72.1 Å². The number of rotatable bonds is 8. The molecular weight excluding hydrogens is 362 g/mol. The van der Waals surface area contributed by atoms with E-state index in [0.29, 0.717) is 12.2 Å². The van der Waals surface area contributed by atoms with Gasteiger partial charge in [0.2, 0.25) is 0 Å². The number of methoxy groups -OCH3 is 2. The fraction of sp³-hybridized carbons (Fsp3) is 0.250. The standard InChI is InChI=1S/C20H21N3O3S/c1-25-17-9-6-10-18(12-17)27-14-16-13-23(22-21-16)19(20(24)26-2)11-15-7-4-3-5-8-15/h3-10,12-13,19H,11,14H2,1-2H3. The summed E-state index contributed by atoms with van der Waals surface area (Å²) >= 11 is 1.63. The highest BCUT2D eigenvalue weighted by molar-refractivity contribution is 7.98. The third-order valence-corrected chi connectivity index (χ3v) is 5.08. The number of nitrogens with zero attached hydrogens (tertiary/aromatic N) is 3. The summed E-state index contributed by atoms with van der Waals surface area (Å²) in [5.74, 6) is 1.12. The smallest absolute Gasteiger partial charge is 0.331 e. The van der Waals surface area contributed by atoms with Crippen molar-refractivity contribution < 1.29 is 14.3 Å². The van der Waals surface area contributed by atoms with E-state index < -0.39 is 6.04 Å². The molecule has 0 aliphatic carbocycles. The van der Waals surface area contributed by atoms with E-state index in [-0.39, 0.29) is 5.97 Å². The van der Waals surface area contributed by atoms with Crippen molar-refractivity contribution in [2.45, 2.75) is 23.1 Å². The van der Waals surface area contributed by atoms with Gasteiger partial charge in [0.05, 0.1) is 26.1 Å². The number of ether oxygens (including phenoxy) is 2. The van der Waals surface area contributed by atoms with Crippen LogP contribution in [-0.4, -0.2) is 35.2 Å². The Hall–Kier alpha value is -2.80. The topological polar surface area (TPSA) is 66.2 Å². The van der Waals surface area contributed by atoms with Crippen LogP contribution in [0.4, 0.5) is 0 Å². The van der Waals surface area contributed by atoms with Gasteiger partial charge in [-0.25, -0.2) is 9.48 Å². The summed E-state index contributed by atoms with van der Waals surface area (Å²) in [6.07, 6.45) is 2.30. The number of hydrogen-bond acceptors (Lipinski definition) is 6. The van der Waals surface area contributed by atoms with Gasteiger partial charge in [0.1, 0.15) is 5.75 Å². The van der Waals surface area contributed by atoms with Gasteiger partial charge in [-0.05, 0) is 23.8 Å². The molecular formula is C20H21N3O3S. The molecule has 7 heteroatoms. The van der Waals surface area contributed by atoms with Gasteiger partial charge in [0.15, 0.2) is 6.04 Å². The first-order chi connectivity index (χ1) is 13.2. The summed E-state index contributed by atoms with van der Waals surface area (Å²) in [6, 6.07) is 17.1. The molecule has 1 heterocycles. The van der Waals surface area contributed by atoms with Crippen molar-refractivity contribution in [2.24, 2.45) is 0 Å². The van der Waals surface area contributed by atoms with E-state index in [0.717, 1.165) is 21.9 Å². The molecule has 0 saturated carbocycles. The van der Waals surface area contributed by atoms with E-state index >= 15 is 0 Å². The first kappa shape index (κ1) is 19.0. The van der Waals surface area contributed by atoms with Gasteiger partial charge in [-0.3, -0.25) is 0 Å². The van der Waals surface area contributed by atoms with Gasteiger partial charge < -0.3 is 9.47 Å². The molecule has 3 rings (SSSR count). The largest absolute Gasteiger partial charge is 0.497 e. The lowest BCUT2D eigenvalue weighted by atomic mass is 10.1. The second-order valence-electron chi connectivity index (χ2n) is 5.89. The SMILES string of the molecule is COC(=O)C(Cc1ccccc1)n1cc(CSc2cccc(OC)c2)nn1. The van der Waals surface area contributed by atoms with Gasteiger partial charge in [0.25, 0.3) is 0 Å². The lowest BCUT2D eigenvalue weighted by molar-refractivity contribution is -0.144. The van der Waals surface area contributed by atoms with Crippen LogP contribution in [0.1, 0.15) is 17.3 Å². The van der Waals surface area contributed by atoms with Crippen molar-refractivity contribution in [3.63, 3.8) is 0 Å². The molecule has 1 aromatic heterocycles. The molecule has 0 radical (unpaired) electrons. The molecule has 0 N–H and O–H groups in total. The van der Waals surface area contributed by atoms with E-state index in [1.807, 2.05) is 54.6 Å². The fourth-order valence-corrected chi connectivity index (χ4v) is 3.46. The quantitative estimate of drug-likeness (QED) is 0.438. The minimum absolute atomic E-state index is 0.337. The number of thioether (sulfide) groups is 1. The zero-order valence-electron chi connectivity index (χ0n) is 15.2. The van der Waals surface area contributed by atoms with E-state index in [1.54, 1.807) is 29.8 Å². The number of benzene rings is 2. The third kappa shape index (κ3) is 5.10. The summed E-state index contributed by atoms with van der Waals surface area (Å²) in [5, 5.41) is 8.36. The molecule has 2 aromatic carbocycles. The van der Waals surface area contributed by atoms with Crippen LogP contribution >= 0.6 is 11.8 Å². The number of esters is 1. The van der Waals surface area contributed by atoms with E-state index in [1.165, 1.54) is 7.11 Å². The van der Waals surface area contributed by atoms with Crippen molar-refractivity contribution in [1.29, 1.82) is 0 Å². The van der Waals surface area contributed by atoms with E-state index in [2.05, 4.69) is 10.3 Å². The van der Waals surface area contributed by atoms with Crippen LogP contribution < -0.4 is 4.74 Å². The predicted octanol–water partition coefficient (Wildman–Crippen LogP) is 3.54. The number of hydrogen-bond donors (Lipinski definition) is 0. The van der Waals surface area contributed by atoms with Gasteiger partial charge in [-0.15, -0.1) is 16.9 Å². The van der Waals surface area contributed by atoms with Crippen molar-refractivity contribution >= 4 is 17.7 Å². The molecule has 27 heavy (non-hydrogen) atoms. The Morgan fingerprint density at radius 1 is 1.15 bits per heavy atom. The minimum Gasteiger partial charge on any atom is -0.497 e. The Labute approximate surface area is 162 Å². The van der Waals surface area contributed by atoms with Crippen LogP contribution in [0.5, 0.6) is 5.75 Å². The number of carbonyl (C=O) groups excluding carboxylic acids is 1. The minimum atomic E-state index is -0.541. The van der Waals surface area contributed by atoms with Gasteiger partial charge in [0, 0.05) is 17.1 Å².